The van der Waals surface area contributed by atoms with Crippen LogP contribution in [-0.4, -0.2) is 32.3 Å². The van der Waals surface area contributed by atoms with Crippen molar-refractivity contribution in [1.29, 1.82) is 0 Å². The minimum atomic E-state index is -0.404. The molecule has 1 N–H and O–H groups in total. The second kappa shape index (κ2) is 8.49. The number of nitrogens with zero attached hydrogens (tertiary/aromatic N) is 4. The van der Waals surface area contributed by atoms with Crippen molar-refractivity contribution in [3.8, 4) is 11.1 Å². The first-order valence-electron chi connectivity index (χ1n) is 9.99. The third kappa shape index (κ3) is 3.94. The van der Waals surface area contributed by atoms with E-state index >= 15 is 0 Å². The molecule has 4 heterocycles. The summed E-state index contributed by atoms with van der Waals surface area (Å²) in [5, 5.41) is 12.3. The molecule has 164 valence electrons. The Morgan fingerprint density at radius 1 is 1.28 bits per heavy atom. The SMILES string of the molecule is Cc1sc2ncn(CC(=O)Nc3nnc(C4CCCO4)s3)c(=O)c2c1-c1ccc(F)cc1. The van der Waals surface area contributed by atoms with Gasteiger partial charge in [-0.3, -0.25) is 19.5 Å². The molecule has 0 radical (unpaired) electrons. The summed E-state index contributed by atoms with van der Waals surface area (Å²) < 4.78 is 20.2. The molecule has 1 aliphatic rings. The molecule has 0 saturated carbocycles. The molecule has 0 bridgehead atoms. The monoisotopic (exact) mass is 471 g/mol. The van der Waals surface area contributed by atoms with Crippen molar-refractivity contribution in [2.24, 2.45) is 0 Å². The van der Waals surface area contributed by atoms with Crippen molar-refractivity contribution < 1.29 is 13.9 Å². The Morgan fingerprint density at radius 2 is 2.09 bits per heavy atom. The van der Waals surface area contributed by atoms with E-state index in [-0.39, 0.29) is 24.0 Å². The smallest absolute Gasteiger partial charge is 0.263 e. The highest BCUT2D eigenvalue weighted by Crippen LogP contribution is 2.35. The van der Waals surface area contributed by atoms with Crippen LogP contribution in [0.3, 0.4) is 0 Å². The third-order valence-electron chi connectivity index (χ3n) is 5.19. The fraction of sp³-hybridized carbons (Fsp3) is 0.286. The van der Waals surface area contributed by atoms with E-state index in [1.165, 1.54) is 45.7 Å². The van der Waals surface area contributed by atoms with Crippen LogP contribution in [0.2, 0.25) is 0 Å². The van der Waals surface area contributed by atoms with Crippen molar-refractivity contribution in [3.63, 3.8) is 0 Å². The van der Waals surface area contributed by atoms with Crippen LogP contribution in [0.1, 0.15) is 28.8 Å². The molecule has 0 spiro atoms. The molecule has 11 heteroatoms. The van der Waals surface area contributed by atoms with Crippen molar-refractivity contribution in [1.82, 2.24) is 19.7 Å². The summed E-state index contributed by atoms with van der Waals surface area (Å²) in [6, 6.07) is 5.98. The number of amides is 1. The summed E-state index contributed by atoms with van der Waals surface area (Å²) in [7, 11) is 0. The summed E-state index contributed by atoms with van der Waals surface area (Å²) in [6.45, 7) is 2.38. The van der Waals surface area contributed by atoms with Gasteiger partial charge in [0.2, 0.25) is 11.0 Å². The van der Waals surface area contributed by atoms with Crippen molar-refractivity contribution in [3.05, 3.63) is 56.6 Å². The first-order chi connectivity index (χ1) is 15.5. The van der Waals surface area contributed by atoms with Crippen molar-refractivity contribution >= 4 is 43.9 Å². The molecule has 1 aliphatic heterocycles. The average Bonchev–Trinajstić information content (AvgIpc) is 3.51. The van der Waals surface area contributed by atoms with E-state index in [1.807, 2.05) is 6.92 Å². The molecule has 3 aromatic heterocycles. The molecular weight excluding hydrogens is 453 g/mol. The largest absolute Gasteiger partial charge is 0.371 e. The van der Waals surface area contributed by atoms with E-state index in [2.05, 4.69) is 20.5 Å². The third-order valence-corrected chi connectivity index (χ3v) is 7.14. The summed E-state index contributed by atoms with van der Waals surface area (Å²) >= 11 is 2.66. The summed E-state index contributed by atoms with van der Waals surface area (Å²) in [4.78, 5) is 31.6. The number of rotatable bonds is 5. The van der Waals surface area contributed by atoms with Gasteiger partial charge in [-0.15, -0.1) is 21.5 Å². The van der Waals surface area contributed by atoms with Crippen LogP contribution < -0.4 is 10.9 Å². The lowest BCUT2D eigenvalue weighted by atomic mass is 10.0. The highest BCUT2D eigenvalue weighted by Gasteiger charge is 2.23. The van der Waals surface area contributed by atoms with Crippen molar-refractivity contribution in [2.75, 3.05) is 11.9 Å². The van der Waals surface area contributed by atoms with Crippen LogP contribution in [0, 0.1) is 12.7 Å². The van der Waals surface area contributed by atoms with Gasteiger partial charge in [0, 0.05) is 17.0 Å². The Hall–Kier alpha value is -3.02. The van der Waals surface area contributed by atoms with E-state index < -0.39 is 5.91 Å². The Labute approximate surface area is 189 Å². The number of halogens is 1. The first kappa shape index (κ1) is 20.9. The van der Waals surface area contributed by atoms with Gasteiger partial charge in [0.15, 0.2) is 0 Å². The standard InChI is InChI=1S/C21H18FN5O3S2/c1-11-16(12-4-6-13(22)7-5-12)17-19(31-11)23-10-27(20(17)29)9-15(28)24-21-26-25-18(32-21)14-3-2-8-30-14/h4-7,10,14H,2-3,8-9H2,1H3,(H,24,26,28). The van der Waals surface area contributed by atoms with E-state index in [0.29, 0.717) is 27.5 Å². The molecule has 1 saturated heterocycles. The number of benzene rings is 1. The topological polar surface area (TPSA) is 99.0 Å². The zero-order valence-electron chi connectivity index (χ0n) is 17.0. The van der Waals surface area contributed by atoms with E-state index in [4.69, 9.17) is 4.74 Å². The zero-order valence-corrected chi connectivity index (χ0v) is 18.6. The number of hydrogen-bond acceptors (Lipinski definition) is 8. The number of carbonyl (C=O) groups is 1. The van der Waals surface area contributed by atoms with Crippen molar-refractivity contribution in [2.45, 2.75) is 32.4 Å². The lowest BCUT2D eigenvalue weighted by molar-refractivity contribution is -0.116. The molecule has 8 nitrogen and oxygen atoms in total. The number of aromatic nitrogens is 4. The predicted molar refractivity (Wildman–Crippen MR) is 120 cm³/mol. The second-order valence-corrected chi connectivity index (χ2v) is 9.61. The Morgan fingerprint density at radius 3 is 2.84 bits per heavy atom. The second-order valence-electron chi connectivity index (χ2n) is 7.39. The molecule has 1 atom stereocenters. The summed E-state index contributed by atoms with van der Waals surface area (Å²) in [6.07, 6.45) is 3.16. The fourth-order valence-electron chi connectivity index (χ4n) is 3.72. The summed E-state index contributed by atoms with van der Waals surface area (Å²) in [5.41, 5.74) is 1.11. The highest BCUT2D eigenvalue weighted by atomic mass is 32.1. The van der Waals surface area contributed by atoms with Gasteiger partial charge < -0.3 is 4.74 Å². The van der Waals surface area contributed by atoms with Gasteiger partial charge >= 0.3 is 0 Å². The Bertz CT molecular complexity index is 1360. The van der Waals surface area contributed by atoms with Crippen LogP contribution in [-0.2, 0) is 16.1 Å². The lowest BCUT2D eigenvalue weighted by Gasteiger charge is -2.06. The van der Waals surface area contributed by atoms with Gasteiger partial charge in [0.05, 0.1) is 11.7 Å². The van der Waals surface area contributed by atoms with Gasteiger partial charge in [0.1, 0.15) is 28.3 Å². The fourth-order valence-corrected chi connectivity index (χ4v) is 5.56. The number of fused-ring (bicyclic) bond motifs is 1. The van der Waals surface area contributed by atoms with E-state index in [9.17, 15) is 14.0 Å². The molecule has 4 aromatic rings. The summed E-state index contributed by atoms with van der Waals surface area (Å²) in [5.74, 6) is -0.754. The average molecular weight is 472 g/mol. The van der Waals surface area contributed by atoms with Crippen LogP contribution in [0.4, 0.5) is 9.52 Å². The molecule has 1 amide bonds. The van der Waals surface area contributed by atoms with Gasteiger partial charge in [-0.25, -0.2) is 9.37 Å². The predicted octanol–water partition coefficient (Wildman–Crippen LogP) is 3.91. The van der Waals surface area contributed by atoms with Crippen LogP contribution in [0.5, 0.6) is 0 Å². The van der Waals surface area contributed by atoms with Crippen LogP contribution >= 0.6 is 22.7 Å². The molecule has 32 heavy (non-hydrogen) atoms. The minimum Gasteiger partial charge on any atom is -0.371 e. The van der Waals surface area contributed by atoms with Gasteiger partial charge in [-0.1, -0.05) is 23.5 Å². The molecule has 1 aromatic carbocycles. The van der Waals surface area contributed by atoms with Gasteiger partial charge in [-0.2, -0.15) is 0 Å². The van der Waals surface area contributed by atoms with E-state index in [0.717, 1.165) is 28.3 Å². The number of nitrogens with one attached hydrogen (secondary N) is 1. The first-order valence-corrected chi connectivity index (χ1v) is 11.6. The number of thiophene rings is 1. The minimum absolute atomic E-state index is 0.0703. The molecule has 0 aliphatic carbocycles. The quantitative estimate of drug-likeness (QED) is 0.474. The van der Waals surface area contributed by atoms with Crippen LogP contribution in [0.25, 0.3) is 21.3 Å². The molecule has 1 unspecified atom stereocenters. The van der Waals surface area contributed by atoms with Gasteiger partial charge in [0.25, 0.3) is 5.56 Å². The number of anilines is 1. The molecule has 5 rings (SSSR count). The van der Waals surface area contributed by atoms with E-state index in [1.54, 1.807) is 12.1 Å². The molecule has 1 fully saturated rings. The number of aryl methyl sites for hydroxylation is 1. The zero-order chi connectivity index (χ0) is 22.2. The number of ether oxygens (including phenoxy) is 1. The normalized spacial score (nSPS) is 16.0. The maximum atomic E-state index is 13.4. The molecular formula is C21H18FN5O3S2. The highest BCUT2D eigenvalue weighted by molar-refractivity contribution is 7.19. The number of hydrogen-bond donors (Lipinski definition) is 1. The number of carbonyl (C=O) groups excluding carboxylic acids is 1. The van der Waals surface area contributed by atoms with Gasteiger partial charge in [-0.05, 0) is 37.5 Å². The Balaban J connectivity index is 1.40. The maximum Gasteiger partial charge on any atom is 0.263 e. The lowest BCUT2D eigenvalue weighted by Crippen LogP contribution is -2.27. The van der Waals surface area contributed by atoms with Crippen LogP contribution in [0.15, 0.2) is 35.4 Å². The maximum absolute atomic E-state index is 13.4. The Kier molecular flexibility index (Phi) is 5.53.